The molecule has 2 aromatic carbocycles. The van der Waals surface area contributed by atoms with Gasteiger partial charge in [-0.3, -0.25) is 0 Å². The molecule has 0 spiro atoms. The van der Waals surface area contributed by atoms with E-state index in [2.05, 4.69) is 51.9 Å². The van der Waals surface area contributed by atoms with Gasteiger partial charge in [0.1, 0.15) is 23.5 Å². The Bertz CT molecular complexity index is 1230. The molecule has 0 radical (unpaired) electrons. The van der Waals surface area contributed by atoms with Gasteiger partial charge in [-0.05, 0) is 67.4 Å². The normalized spacial score (nSPS) is 12.5. The number of benzene rings is 2. The van der Waals surface area contributed by atoms with Crippen LogP contribution in [0.3, 0.4) is 0 Å². The molecule has 0 unspecified atom stereocenters. The Hall–Kier alpha value is -3.74. The van der Waals surface area contributed by atoms with Crippen LogP contribution in [0.15, 0.2) is 54.9 Å². The summed E-state index contributed by atoms with van der Waals surface area (Å²) in [6.45, 7) is 5.21. The molecule has 7 heteroatoms. The van der Waals surface area contributed by atoms with E-state index in [4.69, 9.17) is 14.2 Å². The van der Waals surface area contributed by atoms with Crippen LogP contribution in [0, 0.1) is 0 Å². The van der Waals surface area contributed by atoms with E-state index in [9.17, 15) is 0 Å². The molecule has 1 aliphatic rings. The zero-order valence-corrected chi connectivity index (χ0v) is 17.8. The molecule has 0 saturated carbocycles. The SMILES string of the molecule is COc1ccc(-c2cc3c(NCc4ccc5c(c4)OCO5)ncnc3n2C(C)C)cc1. The van der Waals surface area contributed by atoms with Gasteiger partial charge in [0.25, 0.3) is 0 Å². The van der Waals surface area contributed by atoms with Crippen LogP contribution < -0.4 is 19.5 Å². The van der Waals surface area contributed by atoms with E-state index in [1.54, 1.807) is 13.4 Å². The van der Waals surface area contributed by atoms with Gasteiger partial charge in [0.2, 0.25) is 6.79 Å². The first-order valence-electron chi connectivity index (χ1n) is 10.3. The molecule has 1 aliphatic heterocycles. The van der Waals surface area contributed by atoms with E-state index in [1.165, 1.54) is 0 Å². The topological polar surface area (TPSA) is 70.4 Å². The largest absolute Gasteiger partial charge is 0.497 e. The lowest BCUT2D eigenvalue weighted by molar-refractivity contribution is 0.174. The predicted molar refractivity (Wildman–Crippen MR) is 120 cm³/mol. The summed E-state index contributed by atoms with van der Waals surface area (Å²) in [6, 6.07) is 16.4. The van der Waals surface area contributed by atoms with E-state index < -0.39 is 0 Å². The number of fused-ring (bicyclic) bond motifs is 2. The molecular formula is C24H24N4O3. The van der Waals surface area contributed by atoms with Crippen molar-refractivity contribution in [1.82, 2.24) is 14.5 Å². The van der Waals surface area contributed by atoms with Crippen molar-refractivity contribution < 1.29 is 14.2 Å². The van der Waals surface area contributed by atoms with Crippen molar-refractivity contribution in [2.45, 2.75) is 26.4 Å². The van der Waals surface area contributed by atoms with Crippen molar-refractivity contribution in [2.24, 2.45) is 0 Å². The molecule has 5 rings (SSSR count). The summed E-state index contributed by atoms with van der Waals surface area (Å²) in [5.74, 6) is 3.20. The van der Waals surface area contributed by atoms with E-state index in [-0.39, 0.29) is 12.8 Å². The van der Waals surface area contributed by atoms with Gasteiger partial charge in [-0.15, -0.1) is 0 Å². The summed E-state index contributed by atoms with van der Waals surface area (Å²) in [5.41, 5.74) is 4.20. The molecule has 4 aromatic rings. The van der Waals surface area contributed by atoms with Crippen LogP contribution in [0.25, 0.3) is 22.3 Å². The number of rotatable bonds is 6. The zero-order chi connectivity index (χ0) is 21.4. The lowest BCUT2D eigenvalue weighted by Crippen LogP contribution is -2.05. The number of hydrogen-bond donors (Lipinski definition) is 1. The van der Waals surface area contributed by atoms with E-state index in [0.29, 0.717) is 6.54 Å². The van der Waals surface area contributed by atoms with Crippen LogP contribution >= 0.6 is 0 Å². The van der Waals surface area contributed by atoms with Gasteiger partial charge in [-0.2, -0.15) is 0 Å². The highest BCUT2D eigenvalue weighted by atomic mass is 16.7. The number of methoxy groups -OCH3 is 1. The molecule has 2 aromatic heterocycles. The molecule has 158 valence electrons. The third-order valence-electron chi connectivity index (χ3n) is 5.43. The molecular weight excluding hydrogens is 392 g/mol. The summed E-state index contributed by atoms with van der Waals surface area (Å²) in [7, 11) is 1.67. The van der Waals surface area contributed by atoms with Crippen LogP contribution in [-0.2, 0) is 6.54 Å². The fourth-order valence-electron chi connectivity index (χ4n) is 3.92. The quantitative estimate of drug-likeness (QED) is 0.475. The van der Waals surface area contributed by atoms with Gasteiger partial charge >= 0.3 is 0 Å². The third-order valence-corrected chi connectivity index (χ3v) is 5.43. The second kappa shape index (κ2) is 7.83. The maximum Gasteiger partial charge on any atom is 0.231 e. The number of ether oxygens (including phenoxy) is 3. The second-order valence-electron chi connectivity index (χ2n) is 7.72. The number of hydrogen-bond acceptors (Lipinski definition) is 6. The van der Waals surface area contributed by atoms with Crippen LogP contribution in [0.1, 0.15) is 25.5 Å². The minimum absolute atomic E-state index is 0.242. The maximum atomic E-state index is 5.48. The van der Waals surface area contributed by atoms with Crippen molar-refractivity contribution in [3.05, 3.63) is 60.4 Å². The standard InChI is InChI=1S/C24H24N4O3/c1-15(2)28-20(17-5-7-18(29-3)8-6-17)11-19-23(26-13-27-24(19)28)25-12-16-4-9-21-22(10-16)31-14-30-21/h4-11,13,15H,12,14H2,1-3H3,(H,25,26,27). The van der Waals surface area contributed by atoms with Crippen LogP contribution in [0.5, 0.6) is 17.2 Å². The Balaban J connectivity index is 1.50. The van der Waals surface area contributed by atoms with Crippen LogP contribution in [0.4, 0.5) is 5.82 Å². The highest BCUT2D eigenvalue weighted by Gasteiger charge is 2.18. The lowest BCUT2D eigenvalue weighted by Gasteiger charge is -2.14. The molecule has 0 aliphatic carbocycles. The Morgan fingerprint density at radius 3 is 2.61 bits per heavy atom. The molecule has 0 bridgehead atoms. The van der Waals surface area contributed by atoms with Crippen LogP contribution in [-0.4, -0.2) is 28.4 Å². The van der Waals surface area contributed by atoms with Gasteiger partial charge in [-0.1, -0.05) is 6.07 Å². The molecule has 0 atom stereocenters. The Morgan fingerprint density at radius 1 is 1.03 bits per heavy atom. The summed E-state index contributed by atoms with van der Waals surface area (Å²) >= 11 is 0. The minimum atomic E-state index is 0.242. The van der Waals surface area contributed by atoms with E-state index in [1.807, 2.05) is 30.3 Å². The van der Waals surface area contributed by atoms with Gasteiger partial charge in [0, 0.05) is 12.6 Å². The Morgan fingerprint density at radius 2 is 1.84 bits per heavy atom. The van der Waals surface area contributed by atoms with Crippen molar-refractivity contribution >= 4 is 16.9 Å². The van der Waals surface area contributed by atoms with Crippen LogP contribution in [0.2, 0.25) is 0 Å². The average Bonchev–Trinajstić information content (AvgIpc) is 3.42. The molecule has 1 N–H and O–H groups in total. The number of aromatic nitrogens is 3. The van der Waals surface area contributed by atoms with Gasteiger partial charge in [-0.25, -0.2) is 9.97 Å². The van der Waals surface area contributed by atoms with Crippen molar-refractivity contribution in [1.29, 1.82) is 0 Å². The molecule has 0 fully saturated rings. The molecule has 0 amide bonds. The van der Waals surface area contributed by atoms with E-state index in [0.717, 1.165) is 50.9 Å². The maximum absolute atomic E-state index is 5.48. The fourth-order valence-corrected chi connectivity index (χ4v) is 3.92. The second-order valence-corrected chi connectivity index (χ2v) is 7.72. The first kappa shape index (κ1) is 19.2. The third kappa shape index (κ3) is 3.52. The Kier molecular flexibility index (Phi) is 4.86. The molecule has 31 heavy (non-hydrogen) atoms. The molecule has 3 heterocycles. The summed E-state index contributed by atoms with van der Waals surface area (Å²) in [4.78, 5) is 9.11. The number of nitrogens with one attached hydrogen (secondary N) is 1. The molecule has 0 saturated heterocycles. The number of nitrogens with zero attached hydrogens (tertiary/aromatic N) is 3. The lowest BCUT2D eigenvalue weighted by atomic mass is 10.1. The minimum Gasteiger partial charge on any atom is -0.497 e. The van der Waals surface area contributed by atoms with Crippen molar-refractivity contribution in [3.8, 4) is 28.5 Å². The van der Waals surface area contributed by atoms with E-state index >= 15 is 0 Å². The number of anilines is 1. The predicted octanol–water partition coefficient (Wildman–Crippen LogP) is 5.03. The van der Waals surface area contributed by atoms with Gasteiger partial charge in [0.15, 0.2) is 11.5 Å². The van der Waals surface area contributed by atoms with Crippen molar-refractivity contribution in [2.75, 3.05) is 19.2 Å². The monoisotopic (exact) mass is 416 g/mol. The first-order chi connectivity index (χ1) is 15.1. The smallest absolute Gasteiger partial charge is 0.231 e. The first-order valence-corrected chi connectivity index (χ1v) is 10.3. The molecule has 7 nitrogen and oxygen atoms in total. The zero-order valence-electron chi connectivity index (χ0n) is 17.8. The highest BCUT2D eigenvalue weighted by molar-refractivity contribution is 5.92. The van der Waals surface area contributed by atoms with Gasteiger partial charge < -0.3 is 24.1 Å². The van der Waals surface area contributed by atoms with Gasteiger partial charge in [0.05, 0.1) is 18.2 Å². The summed E-state index contributed by atoms with van der Waals surface area (Å²) < 4.78 is 18.4. The fraction of sp³-hybridized carbons (Fsp3) is 0.250. The highest BCUT2D eigenvalue weighted by Crippen LogP contribution is 2.35. The van der Waals surface area contributed by atoms with Crippen molar-refractivity contribution in [3.63, 3.8) is 0 Å². The summed E-state index contributed by atoms with van der Waals surface area (Å²) in [5, 5.41) is 4.45. The Labute approximate surface area is 180 Å². The average molecular weight is 416 g/mol. The summed E-state index contributed by atoms with van der Waals surface area (Å²) in [6.07, 6.45) is 1.61.